The van der Waals surface area contributed by atoms with Crippen LogP contribution in [0.25, 0.3) is 0 Å². The number of hydrogen-bond donors (Lipinski definition) is 2. The Bertz CT molecular complexity index is 519. The molecule has 8 heteroatoms. The van der Waals surface area contributed by atoms with E-state index in [0.29, 0.717) is 31.1 Å². The van der Waals surface area contributed by atoms with Crippen molar-refractivity contribution in [3.8, 4) is 6.01 Å². The highest BCUT2D eigenvalue weighted by atomic mass is 32.1. The molecule has 2 N–H and O–H groups in total. The van der Waals surface area contributed by atoms with Crippen LogP contribution < -0.4 is 15.4 Å². The summed E-state index contributed by atoms with van der Waals surface area (Å²) in [6.45, 7) is 3.34. The van der Waals surface area contributed by atoms with Gasteiger partial charge in [-0.05, 0) is 6.42 Å². The fraction of sp³-hybridized carbons (Fsp3) is 0.500. The number of thiazole rings is 1. The Morgan fingerprint density at radius 2 is 2.10 bits per heavy atom. The largest absolute Gasteiger partial charge is 0.463 e. The molecule has 0 aliphatic heterocycles. The second-order valence-electron chi connectivity index (χ2n) is 4.02. The van der Waals surface area contributed by atoms with Crippen LogP contribution in [0.1, 0.15) is 19.0 Å². The summed E-state index contributed by atoms with van der Waals surface area (Å²) in [7, 11) is 1.76. The molecule has 0 aliphatic rings. The van der Waals surface area contributed by atoms with Crippen molar-refractivity contribution >= 4 is 23.2 Å². The molecule has 7 nitrogen and oxygen atoms in total. The normalized spacial score (nSPS) is 10.3. The van der Waals surface area contributed by atoms with Crippen LogP contribution in [0.2, 0.25) is 0 Å². The summed E-state index contributed by atoms with van der Waals surface area (Å²) in [4.78, 5) is 16.8. The molecule has 0 atom stereocenters. The number of nitrogens with one attached hydrogen (secondary N) is 2. The molecule has 20 heavy (non-hydrogen) atoms. The van der Waals surface area contributed by atoms with Gasteiger partial charge in [0.2, 0.25) is 11.9 Å². The van der Waals surface area contributed by atoms with Gasteiger partial charge in [-0.25, -0.2) is 4.98 Å². The van der Waals surface area contributed by atoms with Gasteiger partial charge in [0.15, 0.2) is 0 Å². The summed E-state index contributed by atoms with van der Waals surface area (Å²) >= 11 is 1.59. The van der Waals surface area contributed by atoms with Gasteiger partial charge in [0, 0.05) is 25.4 Å². The molecule has 0 radical (unpaired) electrons. The minimum atomic E-state index is 0.336. The van der Waals surface area contributed by atoms with Gasteiger partial charge in [-0.3, -0.25) is 0 Å². The molecule has 0 aromatic carbocycles. The summed E-state index contributed by atoms with van der Waals surface area (Å²) in [5.41, 5.74) is 2.89. The summed E-state index contributed by atoms with van der Waals surface area (Å²) < 4.78 is 5.44. The monoisotopic (exact) mass is 294 g/mol. The topological polar surface area (TPSA) is 84.9 Å². The van der Waals surface area contributed by atoms with E-state index in [2.05, 4.69) is 30.6 Å². The molecule has 0 saturated carbocycles. The predicted octanol–water partition coefficient (Wildman–Crippen LogP) is 1.81. The average molecular weight is 294 g/mol. The molecule has 0 aliphatic carbocycles. The summed E-state index contributed by atoms with van der Waals surface area (Å²) in [6, 6.07) is 0.336. The van der Waals surface area contributed by atoms with Gasteiger partial charge >= 0.3 is 6.01 Å². The lowest BCUT2D eigenvalue weighted by molar-refractivity contribution is 0.292. The molecule has 2 rings (SSSR count). The van der Waals surface area contributed by atoms with Gasteiger partial charge in [0.05, 0.1) is 17.8 Å². The lowest BCUT2D eigenvalue weighted by atomic mass is 10.3. The maximum Gasteiger partial charge on any atom is 0.323 e. The fourth-order valence-corrected chi connectivity index (χ4v) is 2.06. The number of ether oxygens (including phenoxy) is 1. The first kappa shape index (κ1) is 14.4. The second-order valence-corrected chi connectivity index (χ2v) is 4.74. The van der Waals surface area contributed by atoms with Crippen molar-refractivity contribution in [2.45, 2.75) is 19.8 Å². The number of hydrogen-bond acceptors (Lipinski definition) is 8. The van der Waals surface area contributed by atoms with Crippen LogP contribution in [0, 0.1) is 0 Å². The SMILES string of the molecule is CCCOc1nc(NC)nc(NCCc2cscn2)n1. The molecule has 2 aromatic heterocycles. The molecule has 2 aromatic rings. The Kier molecular flexibility index (Phi) is 5.48. The molecule has 0 bridgehead atoms. The number of aromatic nitrogens is 4. The van der Waals surface area contributed by atoms with E-state index < -0.39 is 0 Å². The van der Waals surface area contributed by atoms with Crippen molar-refractivity contribution in [2.24, 2.45) is 0 Å². The number of anilines is 2. The quantitative estimate of drug-likeness (QED) is 0.768. The van der Waals surface area contributed by atoms with Gasteiger partial charge in [0.25, 0.3) is 0 Å². The Balaban J connectivity index is 1.94. The third-order valence-corrected chi connectivity index (χ3v) is 3.06. The van der Waals surface area contributed by atoms with E-state index in [1.807, 2.05) is 17.8 Å². The molecular weight excluding hydrogens is 276 g/mol. The van der Waals surface area contributed by atoms with Crippen molar-refractivity contribution in [3.05, 3.63) is 16.6 Å². The minimum absolute atomic E-state index is 0.336. The molecule has 0 amide bonds. The predicted molar refractivity (Wildman–Crippen MR) is 79.5 cm³/mol. The molecular formula is C12H18N6OS. The zero-order valence-corrected chi connectivity index (χ0v) is 12.4. The third-order valence-electron chi connectivity index (χ3n) is 2.42. The van der Waals surface area contributed by atoms with Crippen LogP contribution in [0.3, 0.4) is 0 Å². The van der Waals surface area contributed by atoms with E-state index in [0.717, 1.165) is 18.5 Å². The van der Waals surface area contributed by atoms with Gasteiger partial charge in [-0.2, -0.15) is 15.0 Å². The molecule has 2 heterocycles. The molecule has 0 saturated heterocycles. The zero-order valence-electron chi connectivity index (χ0n) is 11.6. The van der Waals surface area contributed by atoms with E-state index >= 15 is 0 Å². The Hall–Kier alpha value is -1.96. The van der Waals surface area contributed by atoms with Gasteiger partial charge in [-0.15, -0.1) is 11.3 Å². The van der Waals surface area contributed by atoms with Crippen LogP contribution >= 0.6 is 11.3 Å². The van der Waals surface area contributed by atoms with Crippen LogP contribution in [0.15, 0.2) is 10.9 Å². The Morgan fingerprint density at radius 3 is 2.80 bits per heavy atom. The second kappa shape index (κ2) is 7.59. The van der Waals surface area contributed by atoms with E-state index in [1.54, 1.807) is 18.4 Å². The summed E-state index contributed by atoms with van der Waals surface area (Å²) in [6.07, 6.45) is 1.74. The first-order valence-electron chi connectivity index (χ1n) is 6.49. The highest BCUT2D eigenvalue weighted by molar-refractivity contribution is 7.07. The highest BCUT2D eigenvalue weighted by Crippen LogP contribution is 2.11. The van der Waals surface area contributed by atoms with Gasteiger partial charge < -0.3 is 15.4 Å². The maximum absolute atomic E-state index is 5.44. The maximum atomic E-state index is 5.44. The van der Waals surface area contributed by atoms with E-state index in [9.17, 15) is 0 Å². The van der Waals surface area contributed by atoms with E-state index in [1.165, 1.54) is 0 Å². The van der Waals surface area contributed by atoms with Crippen molar-refractivity contribution < 1.29 is 4.74 Å². The Morgan fingerprint density at radius 1 is 1.25 bits per heavy atom. The van der Waals surface area contributed by atoms with E-state index in [-0.39, 0.29) is 0 Å². The van der Waals surface area contributed by atoms with Crippen LogP contribution in [0.5, 0.6) is 6.01 Å². The highest BCUT2D eigenvalue weighted by Gasteiger charge is 2.06. The summed E-state index contributed by atoms with van der Waals surface area (Å²) in [5.74, 6) is 0.993. The molecule has 0 fully saturated rings. The third kappa shape index (κ3) is 4.30. The molecule has 0 spiro atoms. The Labute approximate surface area is 121 Å². The lowest BCUT2D eigenvalue weighted by Gasteiger charge is -2.08. The van der Waals surface area contributed by atoms with Gasteiger partial charge in [-0.1, -0.05) is 6.92 Å². The average Bonchev–Trinajstić information content (AvgIpc) is 2.98. The first-order valence-corrected chi connectivity index (χ1v) is 7.43. The minimum Gasteiger partial charge on any atom is -0.463 e. The zero-order chi connectivity index (χ0) is 14.2. The summed E-state index contributed by atoms with van der Waals surface area (Å²) in [5, 5.41) is 8.08. The fourth-order valence-electron chi connectivity index (χ4n) is 1.47. The van der Waals surface area contributed by atoms with E-state index in [4.69, 9.17) is 4.74 Å². The van der Waals surface area contributed by atoms with Crippen molar-refractivity contribution in [2.75, 3.05) is 30.8 Å². The lowest BCUT2D eigenvalue weighted by Crippen LogP contribution is -2.12. The smallest absolute Gasteiger partial charge is 0.323 e. The van der Waals surface area contributed by atoms with Crippen LogP contribution in [-0.4, -0.2) is 40.1 Å². The van der Waals surface area contributed by atoms with Crippen molar-refractivity contribution in [1.82, 2.24) is 19.9 Å². The van der Waals surface area contributed by atoms with Crippen LogP contribution in [-0.2, 0) is 6.42 Å². The number of rotatable bonds is 8. The molecule has 0 unspecified atom stereocenters. The van der Waals surface area contributed by atoms with Crippen molar-refractivity contribution in [3.63, 3.8) is 0 Å². The number of nitrogens with zero attached hydrogens (tertiary/aromatic N) is 4. The van der Waals surface area contributed by atoms with Crippen LogP contribution in [0.4, 0.5) is 11.9 Å². The first-order chi connectivity index (χ1) is 9.81. The van der Waals surface area contributed by atoms with Gasteiger partial charge in [0.1, 0.15) is 0 Å². The standard InChI is InChI=1S/C12H18N6OS/c1-3-6-19-12-17-10(13-2)16-11(18-12)14-5-4-9-7-20-8-15-9/h7-8H,3-6H2,1-2H3,(H2,13,14,16,17,18). The molecule has 108 valence electrons. The van der Waals surface area contributed by atoms with Crippen molar-refractivity contribution in [1.29, 1.82) is 0 Å².